The molecular weight excluding hydrogens is 206 g/mol. The summed E-state index contributed by atoms with van der Waals surface area (Å²) < 4.78 is 0. The summed E-state index contributed by atoms with van der Waals surface area (Å²) in [5.41, 5.74) is 6.68. The van der Waals surface area contributed by atoms with Crippen molar-refractivity contribution in [2.24, 2.45) is 0 Å². The standard InChI is InChI=1S/C11H13N3S/c1-2-4-11-13-8(7-10(12)14-11)9-5-3-6-15-9/h3,5-7H,2,4H2,1H3,(H2,12,13,14). The summed E-state index contributed by atoms with van der Waals surface area (Å²) in [6.45, 7) is 2.11. The van der Waals surface area contributed by atoms with Crippen molar-refractivity contribution in [2.75, 3.05) is 5.73 Å². The van der Waals surface area contributed by atoms with Crippen LogP contribution < -0.4 is 5.73 Å². The van der Waals surface area contributed by atoms with Crippen LogP contribution in [0.25, 0.3) is 10.6 Å². The first-order valence-electron chi connectivity index (χ1n) is 4.97. The second-order valence-electron chi connectivity index (χ2n) is 3.32. The Morgan fingerprint density at radius 3 is 2.93 bits per heavy atom. The minimum absolute atomic E-state index is 0.553. The second-order valence-corrected chi connectivity index (χ2v) is 4.27. The van der Waals surface area contributed by atoms with Gasteiger partial charge in [0.1, 0.15) is 11.6 Å². The van der Waals surface area contributed by atoms with E-state index in [0.29, 0.717) is 5.82 Å². The Labute approximate surface area is 93.0 Å². The van der Waals surface area contributed by atoms with Crippen LogP contribution in [-0.4, -0.2) is 9.97 Å². The maximum absolute atomic E-state index is 5.75. The number of thiophene rings is 1. The maximum Gasteiger partial charge on any atom is 0.131 e. The zero-order chi connectivity index (χ0) is 10.7. The summed E-state index contributed by atoms with van der Waals surface area (Å²) in [6, 6.07) is 5.88. The SMILES string of the molecule is CCCc1nc(N)cc(-c2cccs2)n1. The van der Waals surface area contributed by atoms with Gasteiger partial charge < -0.3 is 5.73 Å². The first-order chi connectivity index (χ1) is 7.29. The van der Waals surface area contributed by atoms with E-state index >= 15 is 0 Å². The number of hydrogen-bond acceptors (Lipinski definition) is 4. The lowest BCUT2D eigenvalue weighted by molar-refractivity contribution is 0.840. The van der Waals surface area contributed by atoms with Gasteiger partial charge in [0.15, 0.2) is 0 Å². The quantitative estimate of drug-likeness (QED) is 0.863. The van der Waals surface area contributed by atoms with Crippen molar-refractivity contribution in [1.29, 1.82) is 0 Å². The van der Waals surface area contributed by atoms with Crippen LogP contribution >= 0.6 is 11.3 Å². The Hall–Kier alpha value is -1.42. The molecule has 0 fully saturated rings. The van der Waals surface area contributed by atoms with Gasteiger partial charge >= 0.3 is 0 Å². The van der Waals surface area contributed by atoms with Crippen molar-refractivity contribution in [3.8, 4) is 10.6 Å². The first kappa shape index (κ1) is 10.1. The number of rotatable bonds is 3. The number of nitrogens with two attached hydrogens (primary N) is 1. The van der Waals surface area contributed by atoms with Crippen molar-refractivity contribution >= 4 is 17.2 Å². The fraction of sp³-hybridized carbons (Fsp3) is 0.273. The average molecular weight is 219 g/mol. The van der Waals surface area contributed by atoms with Crippen LogP contribution in [0.1, 0.15) is 19.2 Å². The van der Waals surface area contributed by atoms with E-state index in [9.17, 15) is 0 Å². The van der Waals surface area contributed by atoms with E-state index in [0.717, 1.165) is 29.2 Å². The third kappa shape index (κ3) is 2.33. The molecule has 0 saturated heterocycles. The molecule has 0 unspecified atom stereocenters. The van der Waals surface area contributed by atoms with Gasteiger partial charge in [0, 0.05) is 12.5 Å². The van der Waals surface area contributed by atoms with Crippen LogP contribution in [0.4, 0.5) is 5.82 Å². The summed E-state index contributed by atoms with van der Waals surface area (Å²) in [6.07, 6.45) is 1.91. The molecule has 0 bridgehead atoms. The highest BCUT2D eigenvalue weighted by Gasteiger charge is 2.04. The zero-order valence-corrected chi connectivity index (χ0v) is 9.42. The van der Waals surface area contributed by atoms with Gasteiger partial charge in [-0.15, -0.1) is 11.3 Å². The molecule has 2 rings (SSSR count). The van der Waals surface area contributed by atoms with Crippen LogP contribution in [-0.2, 0) is 6.42 Å². The monoisotopic (exact) mass is 219 g/mol. The summed E-state index contributed by atoms with van der Waals surface area (Å²) in [4.78, 5) is 9.83. The molecule has 0 amide bonds. The first-order valence-corrected chi connectivity index (χ1v) is 5.85. The number of hydrogen-bond donors (Lipinski definition) is 1. The highest BCUT2D eigenvalue weighted by Crippen LogP contribution is 2.23. The van der Waals surface area contributed by atoms with E-state index < -0.39 is 0 Å². The molecule has 3 nitrogen and oxygen atoms in total. The molecule has 2 heterocycles. The highest BCUT2D eigenvalue weighted by atomic mass is 32.1. The predicted molar refractivity (Wildman–Crippen MR) is 63.8 cm³/mol. The Morgan fingerprint density at radius 2 is 2.27 bits per heavy atom. The number of aromatic nitrogens is 2. The summed E-state index contributed by atoms with van der Waals surface area (Å²) in [5, 5.41) is 2.03. The third-order valence-corrected chi connectivity index (χ3v) is 2.93. The van der Waals surface area contributed by atoms with Crippen LogP contribution in [0.3, 0.4) is 0 Å². The van der Waals surface area contributed by atoms with Crippen molar-refractivity contribution in [1.82, 2.24) is 9.97 Å². The Balaban J connectivity index is 2.40. The fourth-order valence-corrected chi connectivity index (χ4v) is 2.09. The van der Waals surface area contributed by atoms with Gasteiger partial charge in [-0.25, -0.2) is 9.97 Å². The fourth-order valence-electron chi connectivity index (χ4n) is 1.40. The topological polar surface area (TPSA) is 51.8 Å². The molecule has 0 spiro atoms. The van der Waals surface area contributed by atoms with Gasteiger partial charge in [-0.3, -0.25) is 0 Å². The van der Waals surface area contributed by atoms with Gasteiger partial charge in [0.05, 0.1) is 10.6 Å². The molecule has 0 saturated carbocycles. The van der Waals surface area contributed by atoms with E-state index in [2.05, 4.69) is 16.9 Å². The van der Waals surface area contributed by atoms with Crippen LogP contribution in [0.2, 0.25) is 0 Å². The van der Waals surface area contributed by atoms with Gasteiger partial charge in [-0.1, -0.05) is 13.0 Å². The van der Waals surface area contributed by atoms with E-state index in [1.54, 1.807) is 11.3 Å². The van der Waals surface area contributed by atoms with E-state index in [1.807, 2.05) is 23.6 Å². The smallest absolute Gasteiger partial charge is 0.131 e. The van der Waals surface area contributed by atoms with Crippen molar-refractivity contribution in [2.45, 2.75) is 19.8 Å². The Bertz CT molecular complexity index is 437. The van der Waals surface area contributed by atoms with Gasteiger partial charge in [-0.2, -0.15) is 0 Å². The molecule has 0 aromatic carbocycles. The minimum Gasteiger partial charge on any atom is -0.384 e. The molecule has 0 atom stereocenters. The summed E-state index contributed by atoms with van der Waals surface area (Å²) >= 11 is 1.67. The molecule has 4 heteroatoms. The van der Waals surface area contributed by atoms with Gasteiger partial charge in [0.2, 0.25) is 0 Å². The molecule has 15 heavy (non-hydrogen) atoms. The van der Waals surface area contributed by atoms with Crippen molar-refractivity contribution < 1.29 is 0 Å². The van der Waals surface area contributed by atoms with E-state index in [-0.39, 0.29) is 0 Å². The zero-order valence-electron chi connectivity index (χ0n) is 8.60. The van der Waals surface area contributed by atoms with Crippen LogP contribution in [0.15, 0.2) is 23.6 Å². The molecule has 2 aromatic rings. The molecule has 78 valence electrons. The summed E-state index contributed by atoms with van der Waals surface area (Å²) in [7, 11) is 0. The number of nitrogens with zero attached hydrogens (tertiary/aromatic N) is 2. The lowest BCUT2D eigenvalue weighted by Crippen LogP contribution is -2.00. The van der Waals surface area contributed by atoms with Crippen LogP contribution in [0, 0.1) is 0 Å². The lowest BCUT2D eigenvalue weighted by Gasteiger charge is -2.02. The number of nitrogen functional groups attached to an aromatic ring is 1. The van der Waals surface area contributed by atoms with E-state index in [1.165, 1.54) is 0 Å². The largest absolute Gasteiger partial charge is 0.384 e. The maximum atomic E-state index is 5.75. The predicted octanol–water partition coefficient (Wildman–Crippen LogP) is 2.74. The Kier molecular flexibility index (Phi) is 2.97. The molecule has 0 aliphatic carbocycles. The van der Waals surface area contributed by atoms with Gasteiger partial charge in [-0.05, 0) is 17.9 Å². The van der Waals surface area contributed by atoms with Crippen molar-refractivity contribution in [3.05, 3.63) is 29.4 Å². The van der Waals surface area contributed by atoms with E-state index in [4.69, 9.17) is 5.73 Å². The molecule has 2 N–H and O–H groups in total. The normalized spacial score (nSPS) is 10.5. The molecule has 0 aliphatic heterocycles. The lowest BCUT2D eigenvalue weighted by atomic mass is 10.3. The van der Waals surface area contributed by atoms with Crippen molar-refractivity contribution in [3.63, 3.8) is 0 Å². The highest BCUT2D eigenvalue weighted by molar-refractivity contribution is 7.13. The molecule has 0 aliphatic rings. The third-order valence-electron chi connectivity index (χ3n) is 2.04. The molecular formula is C11H13N3S. The molecule has 2 aromatic heterocycles. The second kappa shape index (κ2) is 4.40. The average Bonchev–Trinajstić information content (AvgIpc) is 2.70. The van der Waals surface area contributed by atoms with Crippen LogP contribution in [0.5, 0.6) is 0 Å². The number of anilines is 1. The number of aryl methyl sites for hydroxylation is 1. The van der Waals surface area contributed by atoms with Gasteiger partial charge in [0.25, 0.3) is 0 Å². The summed E-state index contributed by atoms with van der Waals surface area (Å²) in [5.74, 6) is 1.39. The molecule has 0 radical (unpaired) electrons. The Morgan fingerprint density at radius 1 is 1.40 bits per heavy atom. The minimum atomic E-state index is 0.553.